The number of esters is 1. The zero-order valence-electron chi connectivity index (χ0n) is 9.72. The SMILES string of the molecule is CC(C)(C)OC(=O)C1C(F)(F)C12CC(N)C2. The molecule has 0 bridgehead atoms. The molecule has 3 nitrogen and oxygen atoms in total. The molecule has 2 aliphatic rings. The van der Waals surface area contributed by atoms with Crippen LogP contribution in [0.5, 0.6) is 0 Å². The van der Waals surface area contributed by atoms with Gasteiger partial charge in [0.15, 0.2) is 0 Å². The van der Waals surface area contributed by atoms with Gasteiger partial charge in [-0.15, -0.1) is 0 Å². The van der Waals surface area contributed by atoms with Crippen LogP contribution in [0.2, 0.25) is 0 Å². The molecule has 1 unspecified atom stereocenters. The van der Waals surface area contributed by atoms with Gasteiger partial charge in [-0.1, -0.05) is 0 Å². The van der Waals surface area contributed by atoms with Gasteiger partial charge in [-0.3, -0.25) is 4.79 Å². The second-order valence-electron chi connectivity index (χ2n) is 5.91. The maximum absolute atomic E-state index is 13.5. The number of carbonyl (C=O) groups excluding carboxylic acids is 1. The molecular weight excluding hydrogens is 216 g/mol. The lowest BCUT2D eigenvalue weighted by molar-refractivity contribution is -0.159. The summed E-state index contributed by atoms with van der Waals surface area (Å²) < 4.78 is 32.1. The molecule has 2 aliphatic carbocycles. The number of hydrogen-bond donors (Lipinski definition) is 1. The van der Waals surface area contributed by atoms with Gasteiger partial charge >= 0.3 is 5.97 Å². The second kappa shape index (κ2) is 2.94. The summed E-state index contributed by atoms with van der Waals surface area (Å²) in [5, 5.41) is 0. The quantitative estimate of drug-likeness (QED) is 0.701. The van der Waals surface area contributed by atoms with Gasteiger partial charge < -0.3 is 10.5 Å². The minimum Gasteiger partial charge on any atom is -0.460 e. The highest BCUT2D eigenvalue weighted by atomic mass is 19.3. The van der Waals surface area contributed by atoms with E-state index < -0.39 is 28.8 Å². The zero-order chi connectivity index (χ0) is 12.4. The lowest BCUT2D eigenvalue weighted by Crippen LogP contribution is -2.42. The summed E-state index contributed by atoms with van der Waals surface area (Å²) in [6.45, 7) is 5.01. The van der Waals surface area contributed by atoms with Crippen molar-refractivity contribution in [3.05, 3.63) is 0 Å². The van der Waals surface area contributed by atoms with Crippen LogP contribution in [0.15, 0.2) is 0 Å². The van der Waals surface area contributed by atoms with Crippen molar-refractivity contribution in [1.29, 1.82) is 0 Å². The molecule has 1 spiro atoms. The first-order valence-corrected chi connectivity index (χ1v) is 5.46. The van der Waals surface area contributed by atoms with Gasteiger partial charge in [0.05, 0.1) is 5.41 Å². The molecule has 0 aromatic carbocycles. The van der Waals surface area contributed by atoms with Gasteiger partial charge in [0.2, 0.25) is 0 Å². The molecule has 5 heteroatoms. The Morgan fingerprint density at radius 3 is 2.25 bits per heavy atom. The predicted molar refractivity (Wildman–Crippen MR) is 53.9 cm³/mol. The largest absolute Gasteiger partial charge is 0.460 e. The number of rotatable bonds is 1. The minimum atomic E-state index is -2.93. The van der Waals surface area contributed by atoms with E-state index in [4.69, 9.17) is 10.5 Å². The fourth-order valence-corrected chi connectivity index (χ4v) is 2.63. The van der Waals surface area contributed by atoms with E-state index in [1.807, 2.05) is 0 Å². The van der Waals surface area contributed by atoms with Crippen molar-refractivity contribution < 1.29 is 18.3 Å². The average molecular weight is 233 g/mol. The lowest BCUT2D eigenvalue weighted by Gasteiger charge is -2.33. The van der Waals surface area contributed by atoms with Crippen molar-refractivity contribution >= 4 is 5.97 Å². The van der Waals surface area contributed by atoms with Gasteiger partial charge in [-0.2, -0.15) is 0 Å². The predicted octanol–water partition coefficient (Wildman–Crippen LogP) is 1.70. The van der Waals surface area contributed by atoms with E-state index in [1.54, 1.807) is 20.8 Å². The van der Waals surface area contributed by atoms with Crippen LogP contribution in [-0.4, -0.2) is 23.5 Å². The van der Waals surface area contributed by atoms with E-state index in [0.717, 1.165) is 0 Å². The number of nitrogens with two attached hydrogens (primary N) is 1. The first-order chi connectivity index (χ1) is 7.10. The lowest BCUT2D eigenvalue weighted by atomic mass is 9.75. The molecule has 16 heavy (non-hydrogen) atoms. The van der Waals surface area contributed by atoms with Crippen molar-refractivity contribution in [3.63, 3.8) is 0 Å². The van der Waals surface area contributed by atoms with Crippen LogP contribution < -0.4 is 5.73 Å². The van der Waals surface area contributed by atoms with Gasteiger partial charge in [-0.25, -0.2) is 8.78 Å². The molecule has 0 aliphatic heterocycles. The van der Waals surface area contributed by atoms with Gasteiger partial charge in [0, 0.05) is 6.04 Å². The number of alkyl halides is 2. The van der Waals surface area contributed by atoms with Crippen LogP contribution >= 0.6 is 0 Å². The summed E-state index contributed by atoms with van der Waals surface area (Å²) in [7, 11) is 0. The van der Waals surface area contributed by atoms with Crippen LogP contribution in [0, 0.1) is 11.3 Å². The Morgan fingerprint density at radius 2 is 1.88 bits per heavy atom. The highest BCUT2D eigenvalue weighted by Gasteiger charge is 2.87. The minimum absolute atomic E-state index is 0.196. The summed E-state index contributed by atoms with van der Waals surface area (Å²) in [6.07, 6.45) is 0.452. The molecule has 0 aromatic heterocycles. The average Bonchev–Trinajstić information content (AvgIpc) is 2.43. The Bertz CT molecular complexity index is 329. The number of halogens is 2. The zero-order valence-corrected chi connectivity index (χ0v) is 9.72. The Balaban J connectivity index is 2.05. The van der Waals surface area contributed by atoms with Gasteiger partial charge in [-0.05, 0) is 33.6 Å². The topological polar surface area (TPSA) is 52.3 Å². The Kier molecular flexibility index (Phi) is 2.16. The fraction of sp³-hybridized carbons (Fsp3) is 0.909. The van der Waals surface area contributed by atoms with E-state index in [2.05, 4.69) is 0 Å². The third-order valence-corrected chi connectivity index (χ3v) is 3.39. The van der Waals surface area contributed by atoms with Crippen LogP contribution in [0.1, 0.15) is 33.6 Å². The maximum Gasteiger partial charge on any atom is 0.316 e. The molecule has 0 heterocycles. The van der Waals surface area contributed by atoms with Crippen molar-refractivity contribution in [3.8, 4) is 0 Å². The molecule has 2 N–H and O–H groups in total. The standard InChI is InChI=1S/C11H17F2NO2/c1-9(2,3)16-8(15)7-10(11(7,12)13)4-6(14)5-10/h6-7H,4-5,14H2,1-3H3. The summed E-state index contributed by atoms with van der Waals surface area (Å²) in [5.74, 6) is -4.99. The number of carbonyl (C=O) groups is 1. The Morgan fingerprint density at radius 1 is 1.38 bits per heavy atom. The van der Waals surface area contributed by atoms with Crippen molar-refractivity contribution in [2.45, 2.75) is 51.2 Å². The third-order valence-electron chi connectivity index (χ3n) is 3.39. The molecule has 0 radical (unpaired) electrons. The summed E-state index contributed by atoms with van der Waals surface area (Å²) >= 11 is 0. The monoisotopic (exact) mass is 233 g/mol. The molecule has 92 valence electrons. The third kappa shape index (κ3) is 1.44. The molecule has 1 atom stereocenters. The highest BCUT2D eigenvalue weighted by molar-refractivity contribution is 5.80. The Labute approximate surface area is 93.3 Å². The van der Waals surface area contributed by atoms with Gasteiger partial charge in [0.1, 0.15) is 11.5 Å². The number of hydrogen-bond acceptors (Lipinski definition) is 3. The summed E-state index contributed by atoms with van der Waals surface area (Å²) in [6, 6.07) is -0.196. The van der Waals surface area contributed by atoms with Gasteiger partial charge in [0.25, 0.3) is 5.92 Å². The normalized spacial score (nSPS) is 40.4. The number of ether oxygens (including phenoxy) is 1. The first-order valence-electron chi connectivity index (χ1n) is 5.46. The van der Waals surface area contributed by atoms with Crippen molar-refractivity contribution in [2.75, 3.05) is 0 Å². The maximum atomic E-state index is 13.5. The van der Waals surface area contributed by atoms with E-state index in [-0.39, 0.29) is 18.9 Å². The summed E-state index contributed by atoms with van der Waals surface area (Å²) in [4.78, 5) is 11.6. The first kappa shape index (κ1) is 11.8. The van der Waals surface area contributed by atoms with E-state index in [0.29, 0.717) is 0 Å². The highest BCUT2D eigenvalue weighted by Crippen LogP contribution is 2.75. The van der Waals surface area contributed by atoms with E-state index in [9.17, 15) is 13.6 Å². The molecule has 0 aromatic rings. The van der Waals surface area contributed by atoms with Crippen LogP contribution in [-0.2, 0) is 9.53 Å². The van der Waals surface area contributed by atoms with Crippen LogP contribution in [0.3, 0.4) is 0 Å². The second-order valence-corrected chi connectivity index (χ2v) is 5.91. The van der Waals surface area contributed by atoms with Crippen LogP contribution in [0.25, 0.3) is 0 Å². The van der Waals surface area contributed by atoms with Crippen molar-refractivity contribution in [1.82, 2.24) is 0 Å². The van der Waals surface area contributed by atoms with E-state index >= 15 is 0 Å². The molecule has 0 saturated heterocycles. The summed E-state index contributed by atoms with van der Waals surface area (Å²) in [5.41, 5.74) is 3.61. The molecule has 2 saturated carbocycles. The Hall–Kier alpha value is -0.710. The smallest absolute Gasteiger partial charge is 0.316 e. The molecule has 2 rings (SSSR count). The van der Waals surface area contributed by atoms with E-state index in [1.165, 1.54) is 0 Å². The molecule has 0 amide bonds. The molecular formula is C11H17F2NO2. The van der Waals surface area contributed by atoms with Crippen molar-refractivity contribution in [2.24, 2.45) is 17.1 Å². The van der Waals surface area contributed by atoms with Crippen LogP contribution in [0.4, 0.5) is 8.78 Å². The fourth-order valence-electron chi connectivity index (χ4n) is 2.63. The molecule has 2 fully saturated rings.